The molecule has 1 N–H and O–H groups in total. The van der Waals surface area contributed by atoms with Crippen molar-refractivity contribution < 1.29 is 17.9 Å². The molecule has 3 heterocycles. The average molecular weight is 408 g/mol. The molecule has 1 unspecified atom stereocenters. The molecular formula is C18H24N4O5S. The van der Waals surface area contributed by atoms with Gasteiger partial charge in [-0.05, 0) is 37.8 Å². The van der Waals surface area contributed by atoms with Crippen LogP contribution in [0.25, 0.3) is 0 Å². The van der Waals surface area contributed by atoms with E-state index in [1.165, 1.54) is 10.4 Å². The highest BCUT2D eigenvalue weighted by atomic mass is 32.2. The van der Waals surface area contributed by atoms with Crippen molar-refractivity contribution in [1.82, 2.24) is 19.1 Å². The number of fused-ring (bicyclic) bond motifs is 1. The molecule has 2 aliphatic heterocycles. The van der Waals surface area contributed by atoms with E-state index < -0.39 is 10.0 Å². The van der Waals surface area contributed by atoms with E-state index in [4.69, 9.17) is 9.47 Å². The monoisotopic (exact) mass is 408 g/mol. The van der Waals surface area contributed by atoms with Crippen LogP contribution in [0.5, 0.6) is 11.5 Å². The van der Waals surface area contributed by atoms with Crippen LogP contribution in [0.3, 0.4) is 0 Å². The number of H-pyrrole nitrogens is 1. The van der Waals surface area contributed by atoms with Gasteiger partial charge in [-0.2, -0.15) is 9.40 Å². The van der Waals surface area contributed by atoms with Crippen LogP contribution in [0.4, 0.5) is 0 Å². The number of rotatable bonds is 5. The number of hydrogen-bond acceptors (Lipinski definition) is 6. The third kappa shape index (κ3) is 3.53. The molecule has 10 heteroatoms. The second-order valence-electron chi connectivity index (χ2n) is 7.07. The van der Waals surface area contributed by atoms with Crippen LogP contribution in [0.1, 0.15) is 25.6 Å². The summed E-state index contributed by atoms with van der Waals surface area (Å²) in [5.74, 6) is 1.82. The van der Waals surface area contributed by atoms with Gasteiger partial charge >= 0.3 is 5.69 Å². The minimum absolute atomic E-state index is 0.112. The van der Waals surface area contributed by atoms with Gasteiger partial charge in [-0.15, -0.1) is 0 Å². The van der Waals surface area contributed by atoms with E-state index in [2.05, 4.69) is 10.2 Å². The van der Waals surface area contributed by atoms with E-state index in [-0.39, 0.29) is 16.5 Å². The highest BCUT2D eigenvalue weighted by molar-refractivity contribution is 7.89. The Morgan fingerprint density at radius 3 is 2.82 bits per heavy atom. The van der Waals surface area contributed by atoms with Gasteiger partial charge in [-0.25, -0.2) is 18.3 Å². The fraction of sp³-hybridized carbons (Fsp3) is 0.556. The lowest BCUT2D eigenvalue weighted by atomic mass is 9.96. The number of nitrogens with zero attached hydrogens (tertiary/aromatic N) is 3. The molecular weight excluding hydrogens is 384 g/mol. The normalized spacial score (nSPS) is 20.2. The molecule has 0 amide bonds. The number of piperidine rings is 1. The highest BCUT2D eigenvalue weighted by Gasteiger charge is 2.32. The van der Waals surface area contributed by atoms with Gasteiger partial charge in [0.1, 0.15) is 19.0 Å². The lowest BCUT2D eigenvalue weighted by Crippen LogP contribution is -2.40. The van der Waals surface area contributed by atoms with Crippen LogP contribution in [0, 0.1) is 5.92 Å². The van der Waals surface area contributed by atoms with Gasteiger partial charge in [-0.3, -0.25) is 4.57 Å². The Labute approximate surface area is 163 Å². The topological polar surface area (TPSA) is 107 Å². The van der Waals surface area contributed by atoms with Crippen molar-refractivity contribution >= 4 is 10.0 Å². The number of aromatic amines is 1. The first-order valence-electron chi connectivity index (χ1n) is 9.53. The van der Waals surface area contributed by atoms with Crippen molar-refractivity contribution in [3.05, 3.63) is 34.5 Å². The summed E-state index contributed by atoms with van der Waals surface area (Å²) in [6.45, 7) is 4.18. The van der Waals surface area contributed by atoms with Crippen LogP contribution in [0.15, 0.2) is 27.9 Å². The maximum atomic E-state index is 13.2. The molecule has 0 saturated carbocycles. The quantitative estimate of drug-likeness (QED) is 0.791. The summed E-state index contributed by atoms with van der Waals surface area (Å²) in [5.41, 5.74) is -0.228. The summed E-state index contributed by atoms with van der Waals surface area (Å²) in [6.07, 6.45) is 2.24. The maximum Gasteiger partial charge on any atom is 0.343 e. The van der Waals surface area contributed by atoms with E-state index in [1.807, 2.05) is 6.92 Å². The van der Waals surface area contributed by atoms with Crippen molar-refractivity contribution in [2.75, 3.05) is 26.3 Å². The molecule has 1 aromatic heterocycles. The van der Waals surface area contributed by atoms with Crippen LogP contribution >= 0.6 is 0 Å². The van der Waals surface area contributed by atoms with Crippen molar-refractivity contribution in [3.8, 4) is 11.5 Å². The minimum atomic E-state index is -3.63. The number of benzene rings is 1. The second-order valence-corrected chi connectivity index (χ2v) is 9.01. The van der Waals surface area contributed by atoms with Crippen LogP contribution in [-0.2, 0) is 23.0 Å². The molecule has 4 rings (SSSR count). The molecule has 28 heavy (non-hydrogen) atoms. The zero-order chi connectivity index (χ0) is 19.7. The van der Waals surface area contributed by atoms with E-state index in [9.17, 15) is 13.2 Å². The predicted molar refractivity (Wildman–Crippen MR) is 101 cm³/mol. The van der Waals surface area contributed by atoms with Gasteiger partial charge in [0.05, 0.1) is 4.90 Å². The average Bonchev–Trinajstić information content (AvgIpc) is 3.07. The first-order valence-corrected chi connectivity index (χ1v) is 11.0. The predicted octanol–water partition coefficient (Wildman–Crippen LogP) is 1.01. The van der Waals surface area contributed by atoms with Crippen molar-refractivity contribution in [3.63, 3.8) is 0 Å². The van der Waals surface area contributed by atoms with Gasteiger partial charge in [0.15, 0.2) is 11.5 Å². The molecule has 1 fully saturated rings. The number of sulfonamides is 1. The SMILES string of the molecule is CCn1c(CC2CCCN(S(=O)(=O)c3ccc4c(c3)OCCO4)C2)n[nH]c1=O. The van der Waals surface area contributed by atoms with Crippen LogP contribution < -0.4 is 15.2 Å². The fourth-order valence-corrected chi connectivity index (χ4v) is 5.41. The Morgan fingerprint density at radius 1 is 1.25 bits per heavy atom. The lowest BCUT2D eigenvalue weighted by molar-refractivity contribution is 0.171. The minimum Gasteiger partial charge on any atom is -0.486 e. The van der Waals surface area contributed by atoms with Crippen LogP contribution in [0.2, 0.25) is 0 Å². The van der Waals surface area contributed by atoms with Gasteiger partial charge in [0, 0.05) is 32.1 Å². The Kier molecular flexibility index (Phi) is 5.15. The zero-order valence-electron chi connectivity index (χ0n) is 15.8. The molecule has 0 bridgehead atoms. The number of aromatic nitrogens is 3. The van der Waals surface area contributed by atoms with E-state index in [0.717, 1.165) is 12.8 Å². The molecule has 152 valence electrons. The summed E-state index contributed by atoms with van der Waals surface area (Å²) >= 11 is 0. The largest absolute Gasteiger partial charge is 0.486 e. The Balaban J connectivity index is 1.52. The molecule has 1 aromatic carbocycles. The number of nitrogens with one attached hydrogen (secondary N) is 1. The molecule has 0 spiro atoms. The zero-order valence-corrected chi connectivity index (χ0v) is 16.6. The van der Waals surface area contributed by atoms with Gasteiger partial charge in [0.25, 0.3) is 0 Å². The van der Waals surface area contributed by atoms with E-state index >= 15 is 0 Å². The van der Waals surface area contributed by atoms with Crippen molar-refractivity contribution in [2.24, 2.45) is 5.92 Å². The summed E-state index contributed by atoms with van der Waals surface area (Å²) in [4.78, 5) is 12.0. The van der Waals surface area contributed by atoms with Gasteiger partial charge in [0.2, 0.25) is 10.0 Å². The highest BCUT2D eigenvalue weighted by Crippen LogP contribution is 2.34. The Morgan fingerprint density at radius 2 is 2.04 bits per heavy atom. The number of ether oxygens (including phenoxy) is 2. The first kappa shape index (κ1) is 19.0. The van der Waals surface area contributed by atoms with E-state index in [0.29, 0.717) is 56.6 Å². The summed E-state index contributed by atoms with van der Waals surface area (Å²) in [5, 5.41) is 6.58. The number of hydrogen-bond donors (Lipinski definition) is 1. The standard InChI is InChI=1S/C18H24N4O5S/c1-2-22-17(19-20-18(22)23)10-13-4-3-7-21(12-13)28(24,25)14-5-6-15-16(11-14)27-9-8-26-15/h5-6,11,13H,2-4,7-10,12H2,1H3,(H,20,23). The van der Waals surface area contributed by atoms with Crippen LogP contribution in [-0.4, -0.2) is 53.8 Å². The third-order valence-electron chi connectivity index (χ3n) is 5.26. The second kappa shape index (κ2) is 7.59. The molecule has 0 radical (unpaired) electrons. The molecule has 2 aromatic rings. The van der Waals surface area contributed by atoms with Gasteiger partial charge < -0.3 is 9.47 Å². The lowest BCUT2D eigenvalue weighted by Gasteiger charge is -2.32. The Hall–Kier alpha value is -2.33. The molecule has 0 aliphatic carbocycles. The van der Waals surface area contributed by atoms with Gasteiger partial charge in [-0.1, -0.05) is 0 Å². The molecule has 1 saturated heterocycles. The van der Waals surface area contributed by atoms with Crippen molar-refractivity contribution in [2.45, 2.75) is 37.6 Å². The van der Waals surface area contributed by atoms with E-state index in [1.54, 1.807) is 16.7 Å². The van der Waals surface area contributed by atoms with Crippen molar-refractivity contribution in [1.29, 1.82) is 0 Å². The summed E-state index contributed by atoms with van der Waals surface area (Å²) in [6, 6.07) is 4.75. The summed E-state index contributed by atoms with van der Waals surface area (Å²) < 4.78 is 40.4. The summed E-state index contributed by atoms with van der Waals surface area (Å²) in [7, 11) is -3.63. The molecule has 1 atom stereocenters. The molecule has 2 aliphatic rings. The first-order chi connectivity index (χ1) is 13.5. The Bertz CT molecular complexity index is 1010. The molecule has 9 nitrogen and oxygen atoms in total. The smallest absolute Gasteiger partial charge is 0.343 e. The maximum absolute atomic E-state index is 13.2. The fourth-order valence-electron chi connectivity index (χ4n) is 3.84. The third-order valence-corrected chi connectivity index (χ3v) is 7.12.